The Hall–Kier alpha value is 0.440. The predicted octanol–water partition coefficient (Wildman–Crippen LogP) is 1.09. The number of hydrogen-bond acceptors (Lipinski definition) is 1. The minimum atomic E-state index is 0.851. The molecule has 0 aromatic rings. The molecule has 2 heteroatoms. The fraction of sp³-hybridized carbons (Fsp3) is 1.00. The average Bonchev–Trinajstić information content (AvgIpc) is 2.21. The topological polar surface area (TPSA) is 12.0 Å². The highest BCUT2D eigenvalue weighted by atomic mass is 79.9. The quantitative estimate of drug-likeness (QED) is 0.459. The third-order valence-corrected chi connectivity index (χ3v) is 1.27. The predicted molar refractivity (Wildman–Crippen MR) is 30.0 cm³/mol. The third kappa shape index (κ3) is 1.27. The molecule has 1 nitrogen and oxygen atoms in total. The van der Waals surface area contributed by atoms with E-state index in [1.165, 1.54) is 12.8 Å². The first kappa shape index (κ1) is 4.60. The molecule has 0 atom stereocenters. The molecule has 1 saturated carbocycles. The van der Waals surface area contributed by atoms with Crippen LogP contribution in [0.15, 0.2) is 0 Å². The van der Waals surface area contributed by atoms with E-state index in [1.54, 1.807) is 0 Å². The van der Waals surface area contributed by atoms with Crippen molar-refractivity contribution in [2.45, 2.75) is 18.9 Å². The van der Waals surface area contributed by atoms with Crippen LogP contribution >= 0.6 is 15.9 Å². The Morgan fingerprint density at radius 1 is 1.67 bits per heavy atom. The summed E-state index contributed by atoms with van der Waals surface area (Å²) < 4.78 is 0. The molecule has 1 N–H and O–H groups in total. The smallest absolute Gasteiger partial charge is 0.0519 e. The van der Waals surface area contributed by atoms with Crippen molar-refractivity contribution in [2.24, 2.45) is 0 Å². The van der Waals surface area contributed by atoms with Gasteiger partial charge in [-0.05, 0) is 12.8 Å². The lowest BCUT2D eigenvalue weighted by molar-refractivity contribution is 0.795. The van der Waals surface area contributed by atoms with E-state index in [1.807, 2.05) is 0 Å². The highest BCUT2D eigenvalue weighted by molar-refractivity contribution is 9.09. The molecule has 36 valence electrons. The van der Waals surface area contributed by atoms with E-state index in [4.69, 9.17) is 0 Å². The van der Waals surface area contributed by atoms with Crippen molar-refractivity contribution < 1.29 is 0 Å². The maximum Gasteiger partial charge on any atom is 0.0519 e. The average molecular weight is 150 g/mol. The standard InChI is InChI=1S/C4H8BrN/c5-3-6-4-1-2-4/h4,6H,1-3H2. The Kier molecular flexibility index (Phi) is 1.48. The highest BCUT2D eigenvalue weighted by Gasteiger charge is 2.18. The summed E-state index contributed by atoms with van der Waals surface area (Å²) in [6, 6.07) is 0.851. The Morgan fingerprint density at radius 3 is 2.50 bits per heavy atom. The first-order valence-corrected chi connectivity index (χ1v) is 3.35. The normalized spacial score (nSPS) is 21.5. The molecule has 0 bridgehead atoms. The lowest BCUT2D eigenvalue weighted by Gasteiger charge is -1.88. The monoisotopic (exact) mass is 149 g/mol. The van der Waals surface area contributed by atoms with E-state index < -0.39 is 0 Å². The van der Waals surface area contributed by atoms with Gasteiger partial charge in [-0.1, -0.05) is 15.9 Å². The zero-order valence-electron chi connectivity index (χ0n) is 3.58. The Morgan fingerprint density at radius 2 is 2.33 bits per heavy atom. The number of halogens is 1. The second-order valence-electron chi connectivity index (χ2n) is 1.61. The van der Waals surface area contributed by atoms with Crippen LogP contribution in [0.3, 0.4) is 0 Å². The van der Waals surface area contributed by atoms with Gasteiger partial charge in [-0.2, -0.15) is 0 Å². The molecular formula is C4H8BrN. The van der Waals surface area contributed by atoms with Gasteiger partial charge in [0.05, 0.1) is 5.45 Å². The van der Waals surface area contributed by atoms with Crippen LogP contribution < -0.4 is 5.32 Å². The molecular weight excluding hydrogens is 142 g/mol. The molecule has 0 aromatic heterocycles. The maximum absolute atomic E-state index is 3.28. The van der Waals surface area contributed by atoms with Gasteiger partial charge < -0.3 is 5.32 Å². The van der Waals surface area contributed by atoms with Crippen molar-refractivity contribution in [3.05, 3.63) is 0 Å². The first-order chi connectivity index (χ1) is 2.93. The van der Waals surface area contributed by atoms with Crippen LogP contribution in [-0.2, 0) is 0 Å². The maximum atomic E-state index is 3.28. The summed E-state index contributed by atoms with van der Waals surface area (Å²) in [6.07, 6.45) is 2.76. The molecule has 0 radical (unpaired) electrons. The highest BCUT2D eigenvalue weighted by Crippen LogP contribution is 2.18. The van der Waals surface area contributed by atoms with Gasteiger partial charge in [0.15, 0.2) is 0 Å². The van der Waals surface area contributed by atoms with Crippen molar-refractivity contribution in [2.75, 3.05) is 5.45 Å². The van der Waals surface area contributed by atoms with E-state index in [0.717, 1.165) is 11.5 Å². The summed E-state index contributed by atoms with van der Waals surface area (Å²) in [5.74, 6) is 0. The van der Waals surface area contributed by atoms with E-state index in [2.05, 4.69) is 21.2 Å². The van der Waals surface area contributed by atoms with Gasteiger partial charge >= 0.3 is 0 Å². The molecule has 0 unspecified atom stereocenters. The summed E-state index contributed by atoms with van der Waals surface area (Å²) in [5, 5.41) is 3.24. The Bertz CT molecular complexity index is 42.8. The van der Waals surface area contributed by atoms with Gasteiger partial charge in [0.2, 0.25) is 0 Å². The molecule has 1 aliphatic rings. The SMILES string of the molecule is BrCNC1CC1. The molecule has 0 aromatic carbocycles. The second-order valence-corrected chi connectivity index (χ2v) is 2.17. The fourth-order valence-electron chi connectivity index (χ4n) is 0.397. The van der Waals surface area contributed by atoms with Crippen molar-refractivity contribution in [3.63, 3.8) is 0 Å². The van der Waals surface area contributed by atoms with E-state index >= 15 is 0 Å². The summed E-state index contributed by atoms with van der Waals surface area (Å²) in [7, 11) is 0. The molecule has 1 aliphatic carbocycles. The van der Waals surface area contributed by atoms with E-state index in [9.17, 15) is 0 Å². The number of nitrogens with one attached hydrogen (secondary N) is 1. The molecule has 0 saturated heterocycles. The molecule has 1 rings (SSSR count). The van der Waals surface area contributed by atoms with Gasteiger partial charge in [-0.15, -0.1) is 0 Å². The fourth-order valence-corrected chi connectivity index (χ4v) is 0.854. The Labute approximate surface area is 46.2 Å². The summed E-state index contributed by atoms with van der Waals surface area (Å²) >= 11 is 3.28. The minimum absolute atomic E-state index is 0.851. The van der Waals surface area contributed by atoms with E-state index in [-0.39, 0.29) is 0 Å². The molecule has 0 aliphatic heterocycles. The van der Waals surface area contributed by atoms with Crippen LogP contribution in [-0.4, -0.2) is 11.5 Å². The van der Waals surface area contributed by atoms with Gasteiger partial charge in [-0.25, -0.2) is 0 Å². The first-order valence-electron chi connectivity index (χ1n) is 2.23. The van der Waals surface area contributed by atoms with Gasteiger partial charge in [0.25, 0.3) is 0 Å². The third-order valence-electron chi connectivity index (χ3n) is 0.943. The molecule has 0 amide bonds. The Balaban J connectivity index is 1.88. The van der Waals surface area contributed by atoms with Crippen LogP contribution in [0.2, 0.25) is 0 Å². The number of rotatable bonds is 2. The summed E-state index contributed by atoms with van der Waals surface area (Å²) in [4.78, 5) is 0. The van der Waals surface area contributed by atoms with Crippen LogP contribution in [0.25, 0.3) is 0 Å². The van der Waals surface area contributed by atoms with Crippen LogP contribution in [0.5, 0.6) is 0 Å². The lowest BCUT2D eigenvalue weighted by atomic mass is 10.7. The van der Waals surface area contributed by atoms with Crippen LogP contribution in [0.1, 0.15) is 12.8 Å². The van der Waals surface area contributed by atoms with Gasteiger partial charge in [0.1, 0.15) is 0 Å². The van der Waals surface area contributed by atoms with Crippen molar-refractivity contribution in [1.29, 1.82) is 0 Å². The van der Waals surface area contributed by atoms with Gasteiger partial charge in [0, 0.05) is 6.04 Å². The van der Waals surface area contributed by atoms with Crippen molar-refractivity contribution >= 4 is 15.9 Å². The minimum Gasteiger partial charge on any atom is -0.305 e. The number of hydrogen-bond donors (Lipinski definition) is 1. The van der Waals surface area contributed by atoms with Crippen LogP contribution in [0, 0.1) is 0 Å². The summed E-state index contributed by atoms with van der Waals surface area (Å²) in [5.41, 5.74) is 0.956. The second kappa shape index (κ2) is 1.94. The van der Waals surface area contributed by atoms with Gasteiger partial charge in [-0.3, -0.25) is 0 Å². The summed E-state index contributed by atoms with van der Waals surface area (Å²) in [6.45, 7) is 0. The molecule has 0 heterocycles. The largest absolute Gasteiger partial charge is 0.305 e. The molecule has 1 fully saturated rings. The van der Waals surface area contributed by atoms with Crippen molar-refractivity contribution in [1.82, 2.24) is 5.32 Å². The van der Waals surface area contributed by atoms with Crippen molar-refractivity contribution in [3.8, 4) is 0 Å². The molecule has 0 spiro atoms. The number of alkyl halides is 1. The zero-order valence-corrected chi connectivity index (χ0v) is 5.16. The molecule has 6 heavy (non-hydrogen) atoms. The zero-order chi connectivity index (χ0) is 4.41. The lowest BCUT2D eigenvalue weighted by Crippen LogP contribution is -2.11. The van der Waals surface area contributed by atoms with E-state index in [0.29, 0.717) is 0 Å². The van der Waals surface area contributed by atoms with Crippen LogP contribution in [0.4, 0.5) is 0 Å².